The van der Waals surface area contributed by atoms with Crippen molar-refractivity contribution in [2.45, 2.75) is 6.04 Å². The van der Waals surface area contributed by atoms with Crippen LogP contribution >= 0.6 is 0 Å². The van der Waals surface area contributed by atoms with Crippen LogP contribution in [-0.4, -0.2) is 36.7 Å². The maximum atomic E-state index is 12.3. The highest BCUT2D eigenvalue weighted by Gasteiger charge is 2.15. The SMILES string of the molecule is CN(C)c1cc(C(=O)N[C@H](CO)c2ccccc2)ccn1. The van der Waals surface area contributed by atoms with E-state index in [0.717, 1.165) is 5.56 Å². The highest BCUT2D eigenvalue weighted by atomic mass is 16.3. The summed E-state index contributed by atoms with van der Waals surface area (Å²) < 4.78 is 0. The van der Waals surface area contributed by atoms with Crippen LogP contribution in [0.2, 0.25) is 0 Å². The summed E-state index contributed by atoms with van der Waals surface area (Å²) >= 11 is 0. The van der Waals surface area contributed by atoms with E-state index in [4.69, 9.17) is 0 Å². The van der Waals surface area contributed by atoms with Crippen molar-refractivity contribution in [3.8, 4) is 0 Å². The Bertz CT molecular complexity index is 599. The molecule has 0 unspecified atom stereocenters. The van der Waals surface area contributed by atoms with Gasteiger partial charge in [-0.25, -0.2) is 4.98 Å². The molecule has 1 amide bonds. The van der Waals surface area contributed by atoms with E-state index in [1.54, 1.807) is 18.3 Å². The second-order valence-corrected chi connectivity index (χ2v) is 4.92. The fourth-order valence-corrected chi connectivity index (χ4v) is 1.97. The molecule has 1 atom stereocenters. The smallest absolute Gasteiger partial charge is 0.252 e. The molecule has 0 fully saturated rings. The van der Waals surface area contributed by atoms with E-state index in [1.165, 1.54) is 0 Å². The predicted octanol–water partition coefficient (Wildman–Crippen LogP) is 1.61. The van der Waals surface area contributed by atoms with Crippen LogP contribution in [0.25, 0.3) is 0 Å². The van der Waals surface area contributed by atoms with Gasteiger partial charge in [0.05, 0.1) is 12.6 Å². The number of anilines is 1. The van der Waals surface area contributed by atoms with Crippen molar-refractivity contribution in [3.63, 3.8) is 0 Å². The van der Waals surface area contributed by atoms with Gasteiger partial charge in [0.2, 0.25) is 0 Å². The van der Waals surface area contributed by atoms with Gasteiger partial charge in [-0.2, -0.15) is 0 Å². The van der Waals surface area contributed by atoms with Crippen LogP contribution < -0.4 is 10.2 Å². The van der Waals surface area contributed by atoms with Crippen LogP contribution in [0.15, 0.2) is 48.7 Å². The Kier molecular flexibility index (Phi) is 4.90. The van der Waals surface area contributed by atoms with Gasteiger partial charge in [-0.05, 0) is 17.7 Å². The number of hydrogen-bond acceptors (Lipinski definition) is 4. The zero-order valence-electron chi connectivity index (χ0n) is 12.2. The van der Waals surface area contributed by atoms with Crippen molar-refractivity contribution >= 4 is 11.7 Å². The monoisotopic (exact) mass is 285 g/mol. The Morgan fingerprint density at radius 3 is 2.62 bits per heavy atom. The normalized spacial score (nSPS) is 11.8. The summed E-state index contributed by atoms with van der Waals surface area (Å²) in [7, 11) is 3.73. The molecule has 0 radical (unpaired) electrons. The molecule has 1 aromatic carbocycles. The van der Waals surface area contributed by atoms with Crippen molar-refractivity contribution in [3.05, 3.63) is 59.8 Å². The summed E-state index contributed by atoms with van der Waals surface area (Å²) in [4.78, 5) is 18.3. The predicted molar refractivity (Wildman–Crippen MR) is 82.3 cm³/mol. The minimum Gasteiger partial charge on any atom is -0.394 e. The van der Waals surface area contributed by atoms with Gasteiger partial charge in [-0.1, -0.05) is 30.3 Å². The van der Waals surface area contributed by atoms with E-state index in [0.29, 0.717) is 11.4 Å². The Labute approximate surface area is 124 Å². The number of nitrogens with one attached hydrogen (secondary N) is 1. The molecular weight excluding hydrogens is 266 g/mol. The van der Waals surface area contributed by atoms with Crippen LogP contribution in [0.3, 0.4) is 0 Å². The zero-order valence-corrected chi connectivity index (χ0v) is 12.2. The molecule has 2 N–H and O–H groups in total. The molecule has 110 valence electrons. The van der Waals surface area contributed by atoms with E-state index in [9.17, 15) is 9.90 Å². The topological polar surface area (TPSA) is 65.5 Å². The fourth-order valence-electron chi connectivity index (χ4n) is 1.97. The molecule has 0 aliphatic heterocycles. The van der Waals surface area contributed by atoms with Gasteiger partial charge in [0.25, 0.3) is 5.91 Å². The average Bonchev–Trinajstić information content (AvgIpc) is 2.53. The van der Waals surface area contributed by atoms with Crippen LogP contribution in [0, 0.1) is 0 Å². The third kappa shape index (κ3) is 3.79. The molecule has 5 heteroatoms. The molecule has 0 saturated carbocycles. The van der Waals surface area contributed by atoms with Gasteiger partial charge in [0.1, 0.15) is 5.82 Å². The number of benzene rings is 1. The summed E-state index contributed by atoms with van der Waals surface area (Å²) in [5.74, 6) is 0.478. The molecule has 0 spiro atoms. The third-order valence-corrected chi connectivity index (χ3v) is 3.16. The van der Waals surface area contributed by atoms with E-state index < -0.39 is 6.04 Å². The number of amides is 1. The van der Waals surface area contributed by atoms with Gasteiger partial charge < -0.3 is 15.3 Å². The molecule has 0 bridgehead atoms. The Morgan fingerprint density at radius 1 is 1.29 bits per heavy atom. The van der Waals surface area contributed by atoms with Crippen molar-refractivity contribution < 1.29 is 9.90 Å². The van der Waals surface area contributed by atoms with Gasteiger partial charge in [0.15, 0.2) is 0 Å². The minimum absolute atomic E-state index is 0.151. The highest BCUT2D eigenvalue weighted by molar-refractivity contribution is 5.95. The standard InChI is InChI=1S/C16H19N3O2/c1-19(2)15-10-13(8-9-17-15)16(21)18-14(11-20)12-6-4-3-5-7-12/h3-10,14,20H,11H2,1-2H3,(H,18,21)/t14-/m1/s1. The molecule has 1 heterocycles. The van der Waals surface area contributed by atoms with Gasteiger partial charge in [-0.3, -0.25) is 4.79 Å². The van der Waals surface area contributed by atoms with Crippen molar-refractivity contribution in [2.24, 2.45) is 0 Å². The largest absolute Gasteiger partial charge is 0.394 e. The summed E-state index contributed by atoms with van der Waals surface area (Å²) in [6.07, 6.45) is 1.60. The molecule has 1 aromatic heterocycles. The number of rotatable bonds is 5. The molecular formula is C16H19N3O2. The van der Waals surface area contributed by atoms with Gasteiger partial charge in [0, 0.05) is 25.9 Å². The minimum atomic E-state index is -0.422. The maximum absolute atomic E-state index is 12.3. The van der Waals surface area contributed by atoms with Crippen molar-refractivity contribution in [2.75, 3.05) is 25.6 Å². The lowest BCUT2D eigenvalue weighted by Crippen LogP contribution is -2.31. The number of aromatic nitrogens is 1. The fraction of sp³-hybridized carbons (Fsp3) is 0.250. The summed E-state index contributed by atoms with van der Waals surface area (Å²) in [5, 5.41) is 12.3. The number of hydrogen-bond donors (Lipinski definition) is 2. The van der Waals surface area contributed by atoms with Crippen molar-refractivity contribution in [1.82, 2.24) is 10.3 Å². The van der Waals surface area contributed by atoms with Crippen LogP contribution in [0.5, 0.6) is 0 Å². The lowest BCUT2D eigenvalue weighted by molar-refractivity contribution is 0.0916. The molecule has 2 rings (SSSR count). The quantitative estimate of drug-likeness (QED) is 0.876. The van der Waals surface area contributed by atoms with Gasteiger partial charge in [-0.15, -0.1) is 0 Å². The molecule has 21 heavy (non-hydrogen) atoms. The Balaban J connectivity index is 2.15. The number of aliphatic hydroxyl groups is 1. The first kappa shape index (κ1) is 15.0. The summed E-state index contributed by atoms with van der Waals surface area (Å²) in [6.45, 7) is -0.151. The van der Waals surface area contributed by atoms with Crippen molar-refractivity contribution in [1.29, 1.82) is 0 Å². The van der Waals surface area contributed by atoms with E-state index >= 15 is 0 Å². The number of nitrogens with zero attached hydrogens (tertiary/aromatic N) is 2. The van der Waals surface area contributed by atoms with E-state index in [1.807, 2.05) is 49.3 Å². The van der Waals surface area contributed by atoms with E-state index in [-0.39, 0.29) is 12.5 Å². The third-order valence-electron chi connectivity index (χ3n) is 3.16. The Hall–Kier alpha value is -2.40. The first-order valence-corrected chi connectivity index (χ1v) is 6.72. The second-order valence-electron chi connectivity index (χ2n) is 4.92. The maximum Gasteiger partial charge on any atom is 0.252 e. The first-order valence-electron chi connectivity index (χ1n) is 6.72. The number of pyridine rings is 1. The zero-order chi connectivity index (χ0) is 15.2. The molecule has 0 saturated heterocycles. The second kappa shape index (κ2) is 6.85. The van der Waals surface area contributed by atoms with Crippen LogP contribution in [0.4, 0.5) is 5.82 Å². The summed E-state index contributed by atoms with van der Waals surface area (Å²) in [6, 6.07) is 12.3. The molecule has 5 nitrogen and oxygen atoms in total. The van der Waals surface area contributed by atoms with E-state index in [2.05, 4.69) is 10.3 Å². The Morgan fingerprint density at radius 2 is 2.00 bits per heavy atom. The molecule has 0 aliphatic carbocycles. The first-order chi connectivity index (χ1) is 10.1. The van der Waals surface area contributed by atoms with Gasteiger partial charge >= 0.3 is 0 Å². The summed E-state index contributed by atoms with van der Waals surface area (Å²) in [5.41, 5.74) is 1.39. The lowest BCUT2D eigenvalue weighted by atomic mass is 10.1. The number of aliphatic hydroxyl groups excluding tert-OH is 1. The number of carbonyl (C=O) groups is 1. The molecule has 2 aromatic rings. The average molecular weight is 285 g/mol. The highest BCUT2D eigenvalue weighted by Crippen LogP contribution is 2.14. The number of carbonyl (C=O) groups excluding carboxylic acids is 1. The van der Waals surface area contributed by atoms with Crippen LogP contribution in [-0.2, 0) is 0 Å². The lowest BCUT2D eigenvalue weighted by Gasteiger charge is -2.17. The molecule has 0 aliphatic rings. The van der Waals surface area contributed by atoms with Crippen LogP contribution in [0.1, 0.15) is 22.0 Å².